The van der Waals surface area contributed by atoms with Gasteiger partial charge in [-0.15, -0.1) is 11.3 Å². The number of benzene rings is 2. The zero-order valence-corrected chi connectivity index (χ0v) is 16.2. The van der Waals surface area contributed by atoms with Crippen LogP contribution in [0.25, 0.3) is 21.5 Å². The summed E-state index contributed by atoms with van der Waals surface area (Å²) in [7, 11) is 0. The van der Waals surface area contributed by atoms with Gasteiger partial charge in [-0.2, -0.15) is 0 Å². The van der Waals surface area contributed by atoms with Crippen LogP contribution in [0.15, 0.2) is 65.0 Å². The van der Waals surface area contributed by atoms with E-state index >= 15 is 0 Å². The maximum atomic E-state index is 12.5. The predicted molar refractivity (Wildman–Crippen MR) is 111 cm³/mol. The Labute approximate surface area is 165 Å². The Balaban J connectivity index is 1.57. The predicted octanol–water partition coefficient (Wildman–Crippen LogP) is 4.03. The number of carbonyl (C=O) groups is 1. The number of aromatic nitrogens is 3. The van der Waals surface area contributed by atoms with E-state index in [4.69, 9.17) is 0 Å². The molecule has 4 rings (SSSR count). The zero-order valence-electron chi connectivity index (χ0n) is 15.4. The van der Waals surface area contributed by atoms with Crippen molar-refractivity contribution in [3.63, 3.8) is 0 Å². The highest BCUT2D eigenvalue weighted by Crippen LogP contribution is 2.25. The second-order valence-corrected chi connectivity index (χ2v) is 7.55. The van der Waals surface area contributed by atoms with E-state index in [0.717, 1.165) is 15.2 Å². The average molecular weight is 390 g/mol. The molecule has 2 aromatic carbocycles. The molecule has 6 nitrogen and oxygen atoms in total. The normalized spacial score (nSPS) is 11.1. The van der Waals surface area contributed by atoms with Gasteiger partial charge in [0.15, 0.2) is 0 Å². The van der Waals surface area contributed by atoms with Crippen LogP contribution in [0.5, 0.6) is 0 Å². The van der Waals surface area contributed by atoms with Crippen LogP contribution in [0, 0.1) is 0 Å². The lowest BCUT2D eigenvalue weighted by atomic mass is 10.0. The fourth-order valence-corrected chi connectivity index (χ4v) is 3.64. The fourth-order valence-electron chi connectivity index (χ4n) is 2.84. The Kier molecular flexibility index (Phi) is 4.75. The number of fused-ring (bicyclic) bond motifs is 1. The van der Waals surface area contributed by atoms with Gasteiger partial charge in [0.1, 0.15) is 17.0 Å². The summed E-state index contributed by atoms with van der Waals surface area (Å²) in [5.41, 5.74) is 5.27. The van der Waals surface area contributed by atoms with Gasteiger partial charge < -0.3 is 0 Å². The minimum Gasteiger partial charge on any atom is -0.267 e. The van der Waals surface area contributed by atoms with Crippen molar-refractivity contribution in [3.05, 3.63) is 81.8 Å². The lowest BCUT2D eigenvalue weighted by Gasteiger charge is -2.07. The standard InChI is InChI=1S/C21H18N4O2S/c1-13(2)14-7-9-15(10-8-14)20-23-18(11-28-20)19(26)24-25-12-22-17-6-4-3-5-16(17)21(25)27/h3-13H,1-2H3,(H,24,26). The van der Waals surface area contributed by atoms with Gasteiger partial charge in [-0.25, -0.2) is 14.6 Å². The molecule has 0 aliphatic carbocycles. The topological polar surface area (TPSA) is 76.9 Å². The fraction of sp³-hybridized carbons (Fsp3) is 0.143. The van der Waals surface area contributed by atoms with Crippen LogP contribution in [0.1, 0.15) is 35.8 Å². The summed E-state index contributed by atoms with van der Waals surface area (Å²) < 4.78 is 1.08. The molecule has 1 N–H and O–H groups in total. The molecule has 0 aliphatic rings. The number of amides is 1. The number of nitrogens with zero attached hydrogens (tertiary/aromatic N) is 3. The second-order valence-electron chi connectivity index (χ2n) is 6.69. The monoisotopic (exact) mass is 390 g/mol. The van der Waals surface area contributed by atoms with Gasteiger partial charge in [-0.3, -0.25) is 15.0 Å². The van der Waals surface area contributed by atoms with Crippen molar-refractivity contribution in [3.8, 4) is 10.6 Å². The summed E-state index contributed by atoms with van der Waals surface area (Å²) in [6.45, 7) is 4.29. The van der Waals surface area contributed by atoms with E-state index in [-0.39, 0.29) is 11.3 Å². The Morgan fingerprint density at radius 1 is 1.11 bits per heavy atom. The summed E-state index contributed by atoms with van der Waals surface area (Å²) >= 11 is 1.39. The first kappa shape index (κ1) is 18.1. The molecule has 7 heteroatoms. The van der Waals surface area contributed by atoms with Gasteiger partial charge in [0.05, 0.1) is 10.9 Å². The van der Waals surface area contributed by atoms with E-state index in [1.54, 1.807) is 23.6 Å². The van der Waals surface area contributed by atoms with Crippen LogP contribution in [0.3, 0.4) is 0 Å². The van der Waals surface area contributed by atoms with Crippen LogP contribution >= 0.6 is 11.3 Å². The van der Waals surface area contributed by atoms with Gasteiger partial charge in [-0.1, -0.05) is 50.2 Å². The third-order valence-electron chi connectivity index (χ3n) is 4.45. The number of para-hydroxylation sites is 1. The smallest absolute Gasteiger partial charge is 0.267 e. The molecule has 0 radical (unpaired) electrons. The summed E-state index contributed by atoms with van der Waals surface area (Å²) in [4.78, 5) is 33.6. The number of thiazole rings is 1. The van der Waals surface area contributed by atoms with Crippen molar-refractivity contribution in [1.82, 2.24) is 14.6 Å². The van der Waals surface area contributed by atoms with E-state index in [0.29, 0.717) is 16.8 Å². The molecular formula is C21H18N4O2S. The molecule has 0 bridgehead atoms. The molecule has 0 aliphatic heterocycles. The lowest BCUT2D eigenvalue weighted by Crippen LogP contribution is -2.33. The molecule has 0 spiro atoms. The molecule has 0 atom stereocenters. The van der Waals surface area contributed by atoms with Crippen LogP contribution in [0.4, 0.5) is 0 Å². The lowest BCUT2D eigenvalue weighted by molar-refractivity contribution is 0.100. The van der Waals surface area contributed by atoms with Crippen molar-refractivity contribution < 1.29 is 4.79 Å². The van der Waals surface area contributed by atoms with Gasteiger partial charge in [-0.05, 0) is 23.6 Å². The molecule has 0 saturated heterocycles. The first-order chi connectivity index (χ1) is 13.5. The minimum absolute atomic E-state index is 0.257. The van der Waals surface area contributed by atoms with E-state index in [9.17, 15) is 9.59 Å². The molecule has 0 unspecified atom stereocenters. The van der Waals surface area contributed by atoms with Gasteiger partial charge in [0, 0.05) is 10.9 Å². The first-order valence-electron chi connectivity index (χ1n) is 8.86. The molecule has 28 heavy (non-hydrogen) atoms. The summed E-state index contributed by atoms with van der Waals surface area (Å²) in [5.74, 6) is 0.000963. The molecule has 0 saturated carbocycles. The molecule has 0 fully saturated rings. The van der Waals surface area contributed by atoms with Gasteiger partial charge in [0.25, 0.3) is 11.5 Å². The first-order valence-corrected chi connectivity index (χ1v) is 9.74. The van der Waals surface area contributed by atoms with E-state index in [1.165, 1.54) is 23.2 Å². The van der Waals surface area contributed by atoms with Crippen molar-refractivity contribution in [2.45, 2.75) is 19.8 Å². The van der Waals surface area contributed by atoms with Crippen LogP contribution < -0.4 is 11.0 Å². The van der Waals surface area contributed by atoms with E-state index in [1.807, 2.05) is 18.2 Å². The molecular weight excluding hydrogens is 372 g/mol. The van der Waals surface area contributed by atoms with E-state index < -0.39 is 5.91 Å². The quantitative estimate of drug-likeness (QED) is 0.571. The summed E-state index contributed by atoms with van der Waals surface area (Å²) in [6.07, 6.45) is 1.31. The third-order valence-corrected chi connectivity index (χ3v) is 5.34. The largest absolute Gasteiger partial charge is 0.289 e. The highest BCUT2D eigenvalue weighted by atomic mass is 32.1. The van der Waals surface area contributed by atoms with Crippen LogP contribution in [0.2, 0.25) is 0 Å². The molecule has 2 aromatic heterocycles. The Morgan fingerprint density at radius 3 is 2.61 bits per heavy atom. The summed E-state index contributed by atoms with van der Waals surface area (Å²) in [6, 6.07) is 15.1. The third kappa shape index (κ3) is 3.44. The molecule has 2 heterocycles. The second kappa shape index (κ2) is 7.36. The Bertz CT molecular complexity index is 1210. The maximum Gasteiger partial charge on any atom is 0.289 e. The summed E-state index contributed by atoms with van der Waals surface area (Å²) in [5, 5.41) is 2.87. The number of hydrogen-bond donors (Lipinski definition) is 1. The van der Waals surface area contributed by atoms with Gasteiger partial charge in [0.2, 0.25) is 0 Å². The highest BCUT2D eigenvalue weighted by molar-refractivity contribution is 7.13. The molecule has 4 aromatic rings. The number of hydrogen-bond acceptors (Lipinski definition) is 5. The van der Waals surface area contributed by atoms with Crippen LogP contribution in [-0.4, -0.2) is 20.6 Å². The Morgan fingerprint density at radius 2 is 1.86 bits per heavy atom. The van der Waals surface area contributed by atoms with Crippen molar-refractivity contribution in [1.29, 1.82) is 0 Å². The zero-order chi connectivity index (χ0) is 19.7. The van der Waals surface area contributed by atoms with Crippen molar-refractivity contribution in [2.24, 2.45) is 0 Å². The minimum atomic E-state index is -0.458. The van der Waals surface area contributed by atoms with Crippen LogP contribution in [-0.2, 0) is 0 Å². The van der Waals surface area contributed by atoms with E-state index in [2.05, 4.69) is 41.4 Å². The number of carbonyl (C=O) groups excluding carboxylic acids is 1. The number of rotatable bonds is 4. The van der Waals surface area contributed by atoms with Gasteiger partial charge >= 0.3 is 0 Å². The average Bonchev–Trinajstić information content (AvgIpc) is 3.21. The SMILES string of the molecule is CC(C)c1ccc(-c2nc(C(=O)Nn3cnc4ccccc4c3=O)cs2)cc1. The Hall–Kier alpha value is -3.32. The maximum absolute atomic E-state index is 12.5. The molecule has 140 valence electrons. The van der Waals surface area contributed by atoms with Crippen molar-refractivity contribution in [2.75, 3.05) is 5.43 Å². The number of nitrogens with one attached hydrogen (secondary N) is 1. The molecule has 1 amide bonds. The van der Waals surface area contributed by atoms with Crippen molar-refractivity contribution >= 4 is 28.1 Å². The highest BCUT2D eigenvalue weighted by Gasteiger charge is 2.14.